The fourth-order valence-electron chi connectivity index (χ4n) is 1.12. The number of hydrogen-bond donors (Lipinski definition) is 1. The third-order valence-electron chi connectivity index (χ3n) is 1.80. The van der Waals surface area contributed by atoms with Crippen LogP contribution in [0.3, 0.4) is 0 Å². The summed E-state index contributed by atoms with van der Waals surface area (Å²) in [5.74, 6) is 4.95. The number of nitrogens with zero attached hydrogens (tertiary/aromatic N) is 1. The van der Waals surface area contributed by atoms with Gasteiger partial charge < -0.3 is 9.39 Å². The highest BCUT2D eigenvalue weighted by Gasteiger charge is 2.18. The van der Waals surface area contributed by atoms with Gasteiger partial charge in [0.1, 0.15) is 0 Å². The first-order valence-electron chi connectivity index (χ1n) is 3.44. The molecule has 1 saturated heterocycles. The molecule has 0 aromatic carbocycles. The zero-order valence-corrected chi connectivity index (χ0v) is 6.88. The molecule has 1 heterocycles. The lowest BCUT2D eigenvalue weighted by Gasteiger charge is -2.31. The lowest BCUT2D eigenvalue weighted by molar-refractivity contribution is 0.0202. The van der Waals surface area contributed by atoms with E-state index in [1.807, 2.05) is 0 Å². The van der Waals surface area contributed by atoms with Crippen molar-refractivity contribution in [2.75, 3.05) is 13.1 Å². The molecule has 66 valence electrons. The summed E-state index contributed by atoms with van der Waals surface area (Å²) in [7, 11) is 0. The second-order valence-electron chi connectivity index (χ2n) is 2.48. The Labute approximate surface area is 67.9 Å². The maximum absolute atomic E-state index is 10.4. The smallest absolute Gasteiger partial charge is 0.0812 e. The quantitative estimate of drug-likeness (QED) is 0.441. The van der Waals surface area contributed by atoms with Crippen LogP contribution in [0.2, 0.25) is 0 Å². The zero-order chi connectivity index (χ0) is 8.27. The molecule has 1 aliphatic rings. The molecule has 0 aliphatic carbocycles. The predicted octanol–water partition coefficient (Wildman–Crippen LogP) is -0.865. The molecule has 0 bridgehead atoms. The number of piperidine rings is 1. The molecule has 0 aromatic heterocycles. The maximum atomic E-state index is 10.4. The van der Waals surface area contributed by atoms with Crippen molar-refractivity contribution in [2.45, 2.75) is 18.9 Å². The molecule has 2 N–H and O–H groups in total. The molecule has 0 aromatic rings. The summed E-state index contributed by atoms with van der Waals surface area (Å²) in [4.78, 5) is 4.59. The minimum atomic E-state index is -2.08. The normalized spacial score (nSPS) is 25.3. The molecule has 0 spiro atoms. The van der Waals surface area contributed by atoms with Crippen molar-refractivity contribution in [3.8, 4) is 0 Å². The molecule has 11 heavy (non-hydrogen) atoms. The second kappa shape index (κ2) is 4.13. The lowest BCUT2D eigenvalue weighted by atomic mass is 10.1. The molecule has 1 atom stereocenters. The Morgan fingerprint density at radius 1 is 1.55 bits per heavy atom. The van der Waals surface area contributed by atoms with E-state index in [0.717, 1.165) is 0 Å². The van der Waals surface area contributed by atoms with Crippen LogP contribution in [-0.2, 0) is 16.1 Å². The Bertz CT molecular complexity index is 147. The van der Waals surface area contributed by atoms with E-state index in [1.165, 1.54) is 4.31 Å². The fraction of sp³-hybridized carbons (Fsp3) is 1.00. The Kier molecular flexibility index (Phi) is 3.41. The summed E-state index contributed by atoms with van der Waals surface area (Å²) >= 11 is -2.08. The van der Waals surface area contributed by atoms with E-state index < -0.39 is 11.3 Å². The molecule has 1 rings (SSSR count). The van der Waals surface area contributed by atoms with Crippen LogP contribution in [0.15, 0.2) is 0 Å². The van der Waals surface area contributed by atoms with Crippen molar-refractivity contribution >= 4 is 11.3 Å². The molecule has 1 unspecified atom stereocenters. The Hall–Kier alpha value is -0.0100. The molecular formula is C5H11N2O3S-. The average molecular weight is 179 g/mol. The standard InChI is InChI=1S/C5H12N2O3S/c6-10-5-1-3-7(4-2-5)11(8)9/h5H,1-4,6H2,(H,8,9)/p-1. The summed E-state index contributed by atoms with van der Waals surface area (Å²) in [5.41, 5.74) is 0. The van der Waals surface area contributed by atoms with Crippen molar-refractivity contribution in [1.82, 2.24) is 4.31 Å². The van der Waals surface area contributed by atoms with Gasteiger partial charge in [0.2, 0.25) is 0 Å². The molecule has 1 fully saturated rings. The van der Waals surface area contributed by atoms with Crippen LogP contribution in [0.4, 0.5) is 0 Å². The van der Waals surface area contributed by atoms with Crippen LogP contribution < -0.4 is 5.90 Å². The van der Waals surface area contributed by atoms with Gasteiger partial charge in [-0.3, -0.25) is 4.21 Å². The SMILES string of the molecule is NOC1CCN(S(=O)[O-])CC1. The monoisotopic (exact) mass is 179 g/mol. The first-order valence-corrected chi connectivity index (χ1v) is 4.47. The van der Waals surface area contributed by atoms with Gasteiger partial charge in [0.25, 0.3) is 0 Å². The Morgan fingerprint density at radius 3 is 2.45 bits per heavy atom. The van der Waals surface area contributed by atoms with Crippen LogP contribution in [0.25, 0.3) is 0 Å². The van der Waals surface area contributed by atoms with Gasteiger partial charge in [0.05, 0.1) is 6.10 Å². The van der Waals surface area contributed by atoms with E-state index in [0.29, 0.717) is 25.9 Å². The minimum absolute atomic E-state index is 0.0230. The topological polar surface area (TPSA) is 78.6 Å². The van der Waals surface area contributed by atoms with E-state index in [-0.39, 0.29) is 6.10 Å². The first kappa shape index (κ1) is 9.08. The van der Waals surface area contributed by atoms with Crippen molar-refractivity contribution < 1.29 is 13.6 Å². The second-order valence-corrected chi connectivity index (χ2v) is 3.43. The average Bonchev–Trinajstić information content (AvgIpc) is 2.05. The molecule has 0 saturated carbocycles. The third kappa shape index (κ3) is 2.49. The van der Waals surface area contributed by atoms with E-state index in [2.05, 4.69) is 4.84 Å². The molecule has 5 nitrogen and oxygen atoms in total. The fourth-order valence-corrected chi connectivity index (χ4v) is 1.63. The van der Waals surface area contributed by atoms with Crippen LogP contribution in [0.5, 0.6) is 0 Å². The van der Waals surface area contributed by atoms with E-state index >= 15 is 0 Å². The first-order chi connectivity index (χ1) is 5.24. The van der Waals surface area contributed by atoms with Gasteiger partial charge >= 0.3 is 0 Å². The van der Waals surface area contributed by atoms with Crippen LogP contribution >= 0.6 is 0 Å². The highest BCUT2D eigenvalue weighted by molar-refractivity contribution is 7.76. The van der Waals surface area contributed by atoms with Crippen LogP contribution in [0, 0.1) is 0 Å². The van der Waals surface area contributed by atoms with Crippen LogP contribution in [-0.4, -0.2) is 32.3 Å². The van der Waals surface area contributed by atoms with Crippen molar-refractivity contribution in [1.29, 1.82) is 0 Å². The number of nitrogens with two attached hydrogens (primary N) is 1. The molecule has 0 radical (unpaired) electrons. The number of rotatable bonds is 2. The van der Waals surface area contributed by atoms with Gasteiger partial charge in [-0.05, 0) is 12.8 Å². The summed E-state index contributed by atoms with van der Waals surface area (Å²) in [6, 6.07) is 0. The highest BCUT2D eigenvalue weighted by Crippen LogP contribution is 2.12. The number of hydrogen-bond acceptors (Lipinski definition) is 4. The molecule has 6 heteroatoms. The summed E-state index contributed by atoms with van der Waals surface area (Å²) in [5, 5.41) is 0. The van der Waals surface area contributed by atoms with Gasteiger partial charge in [-0.25, -0.2) is 10.2 Å². The van der Waals surface area contributed by atoms with Crippen molar-refractivity contribution in [3.05, 3.63) is 0 Å². The van der Waals surface area contributed by atoms with Gasteiger partial charge in [0.15, 0.2) is 0 Å². The van der Waals surface area contributed by atoms with Crippen LogP contribution in [0.1, 0.15) is 12.8 Å². The van der Waals surface area contributed by atoms with Crippen molar-refractivity contribution in [3.63, 3.8) is 0 Å². The maximum Gasteiger partial charge on any atom is 0.0812 e. The van der Waals surface area contributed by atoms with E-state index in [4.69, 9.17) is 5.90 Å². The molecule has 0 amide bonds. The molecule has 1 aliphatic heterocycles. The largest absolute Gasteiger partial charge is 0.760 e. The van der Waals surface area contributed by atoms with Gasteiger partial charge in [0, 0.05) is 24.4 Å². The summed E-state index contributed by atoms with van der Waals surface area (Å²) < 4.78 is 22.2. The third-order valence-corrected chi connectivity index (χ3v) is 2.59. The zero-order valence-electron chi connectivity index (χ0n) is 6.06. The highest BCUT2D eigenvalue weighted by atomic mass is 32.2. The Morgan fingerprint density at radius 2 is 2.09 bits per heavy atom. The minimum Gasteiger partial charge on any atom is -0.760 e. The summed E-state index contributed by atoms with van der Waals surface area (Å²) in [6.45, 7) is 1.02. The van der Waals surface area contributed by atoms with E-state index in [1.54, 1.807) is 0 Å². The van der Waals surface area contributed by atoms with Gasteiger partial charge in [-0.1, -0.05) is 0 Å². The van der Waals surface area contributed by atoms with E-state index in [9.17, 15) is 8.76 Å². The predicted molar refractivity (Wildman–Crippen MR) is 38.8 cm³/mol. The van der Waals surface area contributed by atoms with Crippen molar-refractivity contribution in [2.24, 2.45) is 5.90 Å². The lowest BCUT2D eigenvalue weighted by Crippen LogP contribution is -2.38. The van der Waals surface area contributed by atoms with Gasteiger partial charge in [-0.2, -0.15) is 0 Å². The molecular weight excluding hydrogens is 168 g/mol. The Balaban J connectivity index is 2.30. The summed E-state index contributed by atoms with van der Waals surface area (Å²) in [6.07, 6.45) is 1.39. The van der Waals surface area contributed by atoms with Gasteiger partial charge in [-0.15, -0.1) is 0 Å².